The van der Waals surface area contributed by atoms with Crippen molar-refractivity contribution >= 4 is 8.32 Å². The SMILES string of the molecule is C[Si](C)(C)OC1=C[C@H]2CC[C@@H](C1)O2. The van der Waals surface area contributed by atoms with Gasteiger partial charge in [-0.25, -0.2) is 0 Å². The number of ether oxygens (including phenoxy) is 1. The van der Waals surface area contributed by atoms with Crippen LogP contribution in [0.15, 0.2) is 11.8 Å². The highest BCUT2D eigenvalue weighted by Crippen LogP contribution is 2.32. The first-order valence-electron chi connectivity index (χ1n) is 5.08. The zero-order valence-corrected chi connectivity index (χ0v) is 9.67. The monoisotopic (exact) mass is 198 g/mol. The Morgan fingerprint density at radius 3 is 2.77 bits per heavy atom. The first-order chi connectivity index (χ1) is 6.03. The predicted octanol–water partition coefficient (Wildman–Crippen LogP) is 2.67. The van der Waals surface area contributed by atoms with Crippen LogP contribution in [0.2, 0.25) is 19.6 Å². The molecule has 2 rings (SSSR count). The molecule has 2 aliphatic heterocycles. The van der Waals surface area contributed by atoms with E-state index in [4.69, 9.17) is 9.16 Å². The van der Waals surface area contributed by atoms with Gasteiger partial charge in [-0.1, -0.05) is 0 Å². The van der Waals surface area contributed by atoms with Gasteiger partial charge in [0.2, 0.25) is 8.32 Å². The lowest BCUT2D eigenvalue weighted by atomic mass is 10.2. The topological polar surface area (TPSA) is 18.5 Å². The minimum Gasteiger partial charge on any atom is -0.547 e. The fourth-order valence-electron chi connectivity index (χ4n) is 1.97. The van der Waals surface area contributed by atoms with E-state index in [0.717, 1.165) is 6.42 Å². The molecule has 0 amide bonds. The van der Waals surface area contributed by atoms with E-state index in [9.17, 15) is 0 Å². The summed E-state index contributed by atoms with van der Waals surface area (Å²) in [6, 6.07) is 0. The van der Waals surface area contributed by atoms with Gasteiger partial charge in [0, 0.05) is 6.42 Å². The molecule has 2 heterocycles. The average Bonchev–Trinajstić information content (AvgIpc) is 2.27. The molecule has 0 spiro atoms. The van der Waals surface area contributed by atoms with E-state index in [2.05, 4.69) is 25.7 Å². The number of rotatable bonds is 2. The van der Waals surface area contributed by atoms with E-state index in [-0.39, 0.29) is 0 Å². The molecule has 0 saturated carbocycles. The van der Waals surface area contributed by atoms with Crippen molar-refractivity contribution in [1.29, 1.82) is 0 Å². The van der Waals surface area contributed by atoms with Crippen LogP contribution in [0.3, 0.4) is 0 Å². The second-order valence-corrected chi connectivity index (χ2v) is 9.35. The lowest BCUT2D eigenvalue weighted by Gasteiger charge is -2.27. The van der Waals surface area contributed by atoms with Crippen molar-refractivity contribution in [3.8, 4) is 0 Å². The van der Waals surface area contributed by atoms with Crippen LogP contribution in [0.1, 0.15) is 19.3 Å². The van der Waals surface area contributed by atoms with Crippen molar-refractivity contribution < 1.29 is 9.16 Å². The summed E-state index contributed by atoms with van der Waals surface area (Å²) in [5.74, 6) is 1.19. The molecule has 1 saturated heterocycles. The third-order valence-electron chi connectivity index (χ3n) is 2.38. The number of hydrogen-bond donors (Lipinski definition) is 0. The molecule has 74 valence electrons. The molecule has 0 aliphatic carbocycles. The van der Waals surface area contributed by atoms with Gasteiger partial charge in [-0.15, -0.1) is 0 Å². The van der Waals surface area contributed by atoms with E-state index in [1.807, 2.05) is 0 Å². The molecule has 0 aromatic heterocycles. The van der Waals surface area contributed by atoms with Crippen molar-refractivity contribution in [3.63, 3.8) is 0 Å². The fraction of sp³-hybridized carbons (Fsp3) is 0.800. The fourth-order valence-corrected chi connectivity index (χ4v) is 2.91. The Bertz CT molecular complexity index is 230. The molecule has 3 heteroatoms. The van der Waals surface area contributed by atoms with Crippen molar-refractivity contribution in [2.45, 2.75) is 51.1 Å². The van der Waals surface area contributed by atoms with Crippen LogP contribution in [0, 0.1) is 0 Å². The maximum Gasteiger partial charge on any atom is 0.241 e. The van der Waals surface area contributed by atoms with E-state index < -0.39 is 8.32 Å². The summed E-state index contributed by atoms with van der Waals surface area (Å²) in [6.45, 7) is 6.68. The summed E-state index contributed by atoms with van der Waals surface area (Å²) in [7, 11) is -1.40. The maximum absolute atomic E-state index is 5.98. The third-order valence-corrected chi connectivity index (χ3v) is 3.25. The minimum absolute atomic E-state index is 0.352. The Kier molecular flexibility index (Phi) is 2.24. The molecule has 0 radical (unpaired) electrons. The van der Waals surface area contributed by atoms with Gasteiger partial charge < -0.3 is 9.16 Å². The molecule has 2 aliphatic rings. The zero-order valence-electron chi connectivity index (χ0n) is 8.67. The van der Waals surface area contributed by atoms with Crippen molar-refractivity contribution in [2.75, 3.05) is 0 Å². The van der Waals surface area contributed by atoms with Gasteiger partial charge in [-0.2, -0.15) is 0 Å². The summed E-state index contributed by atoms with van der Waals surface area (Å²) in [5, 5.41) is 0. The molecule has 0 N–H and O–H groups in total. The molecule has 13 heavy (non-hydrogen) atoms. The van der Waals surface area contributed by atoms with Gasteiger partial charge in [-0.3, -0.25) is 0 Å². The smallest absolute Gasteiger partial charge is 0.241 e. The molecule has 0 aromatic rings. The summed E-state index contributed by atoms with van der Waals surface area (Å²) in [4.78, 5) is 0. The summed E-state index contributed by atoms with van der Waals surface area (Å²) in [5.41, 5.74) is 0. The Hall–Kier alpha value is -0.283. The van der Waals surface area contributed by atoms with Crippen LogP contribution in [-0.4, -0.2) is 20.5 Å². The van der Waals surface area contributed by atoms with E-state index >= 15 is 0 Å². The Morgan fingerprint density at radius 1 is 1.38 bits per heavy atom. The summed E-state index contributed by atoms with van der Waals surface area (Å²) in [6.07, 6.45) is 6.37. The van der Waals surface area contributed by atoms with E-state index in [1.54, 1.807) is 0 Å². The van der Waals surface area contributed by atoms with Gasteiger partial charge in [-0.05, 0) is 38.6 Å². The van der Waals surface area contributed by atoms with Gasteiger partial charge >= 0.3 is 0 Å². The molecule has 2 atom stereocenters. The predicted molar refractivity (Wildman–Crippen MR) is 55.0 cm³/mol. The molecule has 0 unspecified atom stereocenters. The quantitative estimate of drug-likeness (QED) is 0.635. The zero-order chi connectivity index (χ0) is 9.47. The number of fused-ring (bicyclic) bond motifs is 2. The van der Waals surface area contributed by atoms with Crippen molar-refractivity contribution in [3.05, 3.63) is 11.8 Å². The molecular weight excluding hydrogens is 180 g/mol. The summed E-state index contributed by atoms with van der Waals surface area (Å²) < 4.78 is 11.7. The first kappa shape index (κ1) is 9.28. The van der Waals surface area contributed by atoms with Crippen LogP contribution in [-0.2, 0) is 9.16 Å². The first-order valence-corrected chi connectivity index (χ1v) is 8.49. The van der Waals surface area contributed by atoms with Crippen LogP contribution in [0.4, 0.5) is 0 Å². The highest BCUT2D eigenvalue weighted by Gasteiger charge is 2.31. The molecule has 0 aromatic carbocycles. The molecule has 1 fully saturated rings. The second kappa shape index (κ2) is 3.14. The van der Waals surface area contributed by atoms with Crippen LogP contribution in [0.25, 0.3) is 0 Å². The normalized spacial score (nSPS) is 33.0. The van der Waals surface area contributed by atoms with E-state index in [0.29, 0.717) is 12.2 Å². The van der Waals surface area contributed by atoms with Crippen LogP contribution in [0.5, 0.6) is 0 Å². The minimum atomic E-state index is -1.40. The van der Waals surface area contributed by atoms with Crippen LogP contribution < -0.4 is 0 Å². The third kappa shape index (κ3) is 2.35. The van der Waals surface area contributed by atoms with Crippen LogP contribution >= 0.6 is 0 Å². The Labute approximate surface area is 81.1 Å². The summed E-state index contributed by atoms with van der Waals surface area (Å²) >= 11 is 0. The molecular formula is C10H18O2Si. The molecule has 2 nitrogen and oxygen atoms in total. The average molecular weight is 198 g/mol. The molecule has 2 bridgehead atoms. The number of hydrogen-bond acceptors (Lipinski definition) is 2. The highest BCUT2D eigenvalue weighted by atomic mass is 28.4. The second-order valence-electron chi connectivity index (χ2n) is 4.93. The van der Waals surface area contributed by atoms with Crippen molar-refractivity contribution in [1.82, 2.24) is 0 Å². The maximum atomic E-state index is 5.98. The Morgan fingerprint density at radius 2 is 2.15 bits per heavy atom. The standard InChI is InChI=1S/C10H18O2Si/c1-13(2,3)12-10-6-8-4-5-9(7-10)11-8/h6,8-9H,4-5,7H2,1-3H3/t8-,9+/m1/s1. The lowest BCUT2D eigenvalue weighted by molar-refractivity contribution is 0.0493. The van der Waals surface area contributed by atoms with E-state index in [1.165, 1.54) is 18.6 Å². The highest BCUT2D eigenvalue weighted by molar-refractivity contribution is 6.70. The van der Waals surface area contributed by atoms with Gasteiger partial charge in [0.05, 0.1) is 18.0 Å². The lowest BCUT2D eigenvalue weighted by Crippen LogP contribution is -2.28. The van der Waals surface area contributed by atoms with Gasteiger partial charge in [0.25, 0.3) is 0 Å². The Balaban J connectivity index is 2.01. The van der Waals surface area contributed by atoms with Gasteiger partial charge in [0.1, 0.15) is 0 Å². The van der Waals surface area contributed by atoms with Crippen molar-refractivity contribution in [2.24, 2.45) is 0 Å². The largest absolute Gasteiger partial charge is 0.547 e. The van der Waals surface area contributed by atoms with Gasteiger partial charge in [0.15, 0.2) is 0 Å².